The van der Waals surface area contributed by atoms with E-state index in [1.807, 2.05) is 17.2 Å². The molecule has 1 aromatic heterocycles. The van der Waals surface area contributed by atoms with Gasteiger partial charge in [-0.05, 0) is 36.8 Å². The van der Waals surface area contributed by atoms with Crippen molar-refractivity contribution in [2.75, 3.05) is 13.1 Å². The van der Waals surface area contributed by atoms with Crippen LogP contribution in [0.2, 0.25) is 0 Å². The number of rotatable bonds is 7. The molecule has 136 valence electrons. The number of likely N-dealkylation sites (tertiary alicyclic amines) is 1. The van der Waals surface area contributed by atoms with Crippen molar-refractivity contribution in [2.24, 2.45) is 11.8 Å². The number of hydrogen-bond acceptors (Lipinski definition) is 3. The molecule has 25 heavy (non-hydrogen) atoms. The number of hydrogen-bond donors (Lipinski definition) is 0. The van der Waals surface area contributed by atoms with Crippen LogP contribution in [0, 0.1) is 11.8 Å². The number of aromatic nitrogens is 1. The van der Waals surface area contributed by atoms with Crippen LogP contribution >= 0.6 is 0 Å². The monoisotopic (exact) mass is 342 g/mol. The van der Waals surface area contributed by atoms with Gasteiger partial charge in [0.15, 0.2) is 0 Å². The molecule has 0 aromatic carbocycles. The van der Waals surface area contributed by atoms with Gasteiger partial charge in [-0.3, -0.25) is 9.78 Å². The van der Waals surface area contributed by atoms with E-state index in [0.29, 0.717) is 18.4 Å². The van der Waals surface area contributed by atoms with Crippen LogP contribution in [0.1, 0.15) is 57.9 Å². The fraction of sp³-hybridized carbons (Fsp3) is 0.619. The number of pyridine rings is 1. The van der Waals surface area contributed by atoms with Gasteiger partial charge in [0, 0.05) is 25.1 Å². The number of allylic oxidation sites excluding steroid dienone is 1. The summed E-state index contributed by atoms with van der Waals surface area (Å²) < 4.78 is 6.09. The second kappa shape index (κ2) is 8.50. The zero-order valence-corrected chi connectivity index (χ0v) is 15.5. The third kappa shape index (κ3) is 4.83. The van der Waals surface area contributed by atoms with E-state index < -0.39 is 0 Å². The average Bonchev–Trinajstić information content (AvgIpc) is 3.02. The van der Waals surface area contributed by atoms with Gasteiger partial charge in [0.25, 0.3) is 0 Å². The third-order valence-corrected chi connectivity index (χ3v) is 5.49. The summed E-state index contributed by atoms with van der Waals surface area (Å²) in [6, 6.07) is 2.04. The maximum Gasteiger partial charge on any atom is 0.225 e. The third-order valence-electron chi connectivity index (χ3n) is 5.49. The first-order chi connectivity index (χ1) is 12.2. The van der Waals surface area contributed by atoms with Gasteiger partial charge in [0.05, 0.1) is 12.7 Å². The molecule has 4 heteroatoms. The number of carbonyl (C=O) groups is 1. The lowest BCUT2D eigenvalue weighted by Crippen LogP contribution is -2.38. The van der Waals surface area contributed by atoms with Gasteiger partial charge in [-0.15, -0.1) is 0 Å². The molecule has 1 amide bonds. The summed E-state index contributed by atoms with van der Waals surface area (Å²) in [6.45, 7) is 6.01. The summed E-state index contributed by atoms with van der Waals surface area (Å²) >= 11 is 0. The summed E-state index contributed by atoms with van der Waals surface area (Å²) in [6.07, 6.45) is 14.6. The molecule has 4 nitrogen and oxygen atoms in total. The second-order valence-electron chi connectivity index (χ2n) is 7.55. The number of amides is 1. The van der Waals surface area contributed by atoms with E-state index in [9.17, 15) is 4.79 Å². The Morgan fingerprint density at radius 2 is 2.24 bits per heavy atom. The van der Waals surface area contributed by atoms with Gasteiger partial charge < -0.3 is 9.64 Å². The van der Waals surface area contributed by atoms with Crippen LogP contribution < -0.4 is 4.74 Å². The molecule has 2 heterocycles. The van der Waals surface area contributed by atoms with Crippen molar-refractivity contribution in [3.63, 3.8) is 0 Å². The molecular formula is C21H30N2O2. The Morgan fingerprint density at radius 3 is 2.96 bits per heavy atom. The van der Waals surface area contributed by atoms with Crippen LogP contribution in [-0.4, -0.2) is 35.0 Å². The van der Waals surface area contributed by atoms with Crippen LogP contribution in [0.25, 0.3) is 6.08 Å². The van der Waals surface area contributed by atoms with Gasteiger partial charge >= 0.3 is 0 Å². The Labute approximate surface area is 151 Å². The van der Waals surface area contributed by atoms with E-state index in [1.54, 1.807) is 6.20 Å². The Kier molecular flexibility index (Phi) is 6.11. The van der Waals surface area contributed by atoms with Crippen LogP contribution in [0.3, 0.4) is 0 Å². The average molecular weight is 342 g/mol. The molecule has 0 radical (unpaired) electrons. The highest BCUT2D eigenvalue weighted by Gasteiger charge is 2.34. The Balaban J connectivity index is 1.51. The van der Waals surface area contributed by atoms with Crippen LogP contribution in [0.4, 0.5) is 0 Å². The van der Waals surface area contributed by atoms with E-state index >= 15 is 0 Å². The van der Waals surface area contributed by atoms with Crippen molar-refractivity contribution < 1.29 is 9.53 Å². The zero-order valence-electron chi connectivity index (χ0n) is 15.5. The van der Waals surface area contributed by atoms with E-state index in [1.165, 1.54) is 12.8 Å². The highest BCUT2D eigenvalue weighted by molar-refractivity contribution is 5.79. The normalized spacial score (nSPS) is 22.2. The fourth-order valence-electron chi connectivity index (χ4n) is 3.32. The second-order valence-corrected chi connectivity index (χ2v) is 7.55. The molecule has 0 spiro atoms. The highest BCUT2D eigenvalue weighted by atomic mass is 16.5. The Bertz CT molecular complexity index is 610. The summed E-state index contributed by atoms with van der Waals surface area (Å²) in [5, 5.41) is 0. The number of ether oxygens (including phenoxy) is 1. The van der Waals surface area contributed by atoms with Gasteiger partial charge in [0.2, 0.25) is 5.91 Å². The molecule has 1 aromatic rings. The molecule has 2 atom stereocenters. The molecule has 1 saturated heterocycles. The first-order valence-electron chi connectivity index (χ1n) is 9.72. The van der Waals surface area contributed by atoms with Crippen molar-refractivity contribution in [3.05, 3.63) is 30.1 Å². The first-order valence-corrected chi connectivity index (χ1v) is 9.72. The molecule has 0 N–H and O–H groups in total. The fourth-order valence-corrected chi connectivity index (χ4v) is 3.32. The van der Waals surface area contributed by atoms with Crippen LogP contribution in [-0.2, 0) is 4.79 Å². The van der Waals surface area contributed by atoms with Gasteiger partial charge in [-0.2, -0.15) is 0 Å². The van der Waals surface area contributed by atoms with Crippen LogP contribution in [0.5, 0.6) is 5.75 Å². The molecular weight excluding hydrogens is 312 g/mol. The van der Waals surface area contributed by atoms with Crippen molar-refractivity contribution in [1.82, 2.24) is 9.88 Å². The van der Waals surface area contributed by atoms with Crippen molar-refractivity contribution in [2.45, 2.75) is 58.5 Å². The van der Waals surface area contributed by atoms with E-state index in [2.05, 4.69) is 31.0 Å². The van der Waals surface area contributed by atoms with Crippen LogP contribution in [0.15, 0.2) is 24.5 Å². The smallest absolute Gasteiger partial charge is 0.225 e. The predicted molar refractivity (Wildman–Crippen MR) is 100 cm³/mol. The summed E-state index contributed by atoms with van der Waals surface area (Å²) in [7, 11) is 0. The van der Waals surface area contributed by atoms with Gasteiger partial charge in [-0.1, -0.05) is 38.8 Å². The summed E-state index contributed by atoms with van der Waals surface area (Å²) in [4.78, 5) is 18.6. The lowest BCUT2D eigenvalue weighted by atomic mass is 9.84. The lowest BCUT2D eigenvalue weighted by molar-refractivity contribution is -0.137. The van der Waals surface area contributed by atoms with Crippen molar-refractivity contribution >= 4 is 12.0 Å². The predicted octanol–water partition coefficient (Wildman–Crippen LogP) is 4.31. The molecule has 1 aliphatic carbocycles. The van der Waals surface area contributed by atoms with Gasteiger partial charge in [0.1, 0.15) is 11.9 Å². The van der Waals surface area contributed by atoms with Crippen molar-refractivity contribution in [3.8, 4) is 5.75 Å². The minimum Gasteiger partial charge on any atom is -0.487 e. The highest BCUT2D eigenvalue weighted by Crippen LogP contribution is 2.30. The van der Waals surface area contributed by atoms with E-state index in [-0.39, 0.29) is 12.0 Å². The number of nitrogens with zero attached hydrogens (tertiary/aromatic N) is 2. The first kappa shape index (κ1) is 18.0. The zero-order chi connectivity index (χ0) is 17.6. The maximum atomic E-state index is 12.3. The topological polar surface area (TPSA) is 42.4 Å². The number of carbonyl (C=O) groups excluding carboxylic acids is 1. The van der Waals surface area contributed by atoms with E-state index in [4.69, 9.17) is 4.74 Å². The molecule has 1 aliphatic heterocycles. The summed E-state index contributed by atoms with van der Waals surface area (Å²) in [5.41, 5.74) is 1.07. The molecule has 2 aliphatic rings. The SMILES string of the molecule is CC[C@@H](C)C/C=C/c1cncc(O[C@@H]2CCN(C(=O)C3CCC3)C2)c1. The van der Waals surface area contributed by atoms with E-state index in [0.717, 1.165) is 43.5 Å². The van der Waals surface area contributed by atoms with Gasteiger partial charge in [-0.25, -0.2) is 0 Å². The minimum absolute atomic E-state index is 0.0881. The molecule has 2 fully saturated rings. The summed E-state index contributed by atoms with van der Waals surface area (Å²) in [5.74, 6) is 2.12. The Hall–Kier alpha value is -1.84. The largest absolute Gasteiger partial charge is 0.487 e. The maximum absolute atomic E-state index is 12.3. The standard InChI is InChI=1S/C21H30N2O2/c1-3-16(2)6-4-7-17-12-20(14-22-13-17)25-19-10-11-23(15-19)21(24)18-8-5-9-18/h4,7,12-14,16,18-19H,3,5-6,8-11,15H2,1-2H3/b7-4+/t16-,19-/m1/s1. The lowest BCUT2D eigenvalue weighted by Gasteiger charge is -2.29. The molecule has 0 bridgehead atoms. The molecule has 0 unspecified atom stereocenters. The Morgan fingerprint density at radius 1 is 1.40 bits per heavy atom. The van der Waals surface area contributed by atoms with Crippen molar-refractivity contribution in [1.29, 1.82) is 0 Å². The quantitative estimate of drug-likeness (QED) is 0.741. The molecule has 1 saturated carbocycles. The molecule has 3 rings (SSSR count). The minimum atomic E-state index is 0.0881.